The van der Waals surface area contributed by atoms with Crippen LogP contribution in [0.5, 0.6) is 0 Å². The van der Waals surface area contributed by atoms with Crippen molar-refractivity contribution in [3.8, 4) is 0 Å². The van der Waals surface area contributed by atoms with Gasteiger partial charge in [-0.1, -0.05) is 29.4 Å². The molecule has 0 saturated carbocycles. The van der Waals surface area contributed by atoms with E-state index >= 15 is 0 Å². The first kappa shape index (κ1) is 17.5. The lowest BCUT2D eigenvalue weighted by Crippen LogP contribution is -2.16. The number of hydrogen-bond acceptors (Lipinski definition) is 6. The van der Waals surface area contributed by atoms with Crippen LogP contribution in [-0.4, -0.2) is 31.9 Å². The normalized spacial score (nSPS) is 10.8. The van der Waals surface area contributed by atoms with E-state index in [9.17, 15) is 4.79 Å². The van der Waals surface area contributed by atoms with Crippen LogP contribution < -0.4 is 5.32 Å². The number of thioether (sulfide) groups is 1. The van der Waals surface area contributed by atoms with Gasteiger partial charge in [0.15, 0.2) is 0 Å². The Labute approximate surface area is 153 Å². The number of furan rings is 1. The largest absolute Gasteiger partial charge is 0.467 e. The highest BCUT2D eigenvalue weighted by atomic mass is 35.5. The highest BCUT2D eigenvalue weighted by Gasteiger charge is 2.13. The fourth-order valence-electron chi connectivity index (χ4n) is 2.33. The lowest BCUT2D eigenvalue weighted by Gasteiger charge is -2.11. The zero-order valence-corrected chi connectivity index (χ0v) is 15.3. The average Bonchev–Trinajstić information content (AvgIpc) is 3.21. The molecule has 0 fully saturated rings. The summed E-state index contributed by atoms with van der Waals surface area (Å²) in [6.07, 6.45) is 1.59. The van der Waals surface area contributed by atoms with Crippen LogP contribution in [-0.2, 0) is 11.3 Å². The van der Waals surface area contributed by atoms with E-state index < -0.39 is 0 Å². The third-order valence-electron chi connectivity index (χ3n) is 3.41. The number of nitrogens with zero attached hydrogens (tertiary/aromatic N) is 4. The summed E-state index contributed by atoms with van der Waals surface area (Å²) in [5.74, 6) is 0.731. The SMILES string of the molecule is Cc1cc(C)c(NC(=O)CSc2nnnn2Cc2ccco2)c(Cl)c1. The van der Waals surface area contributed by atoms with Crippen LogP contribution >= 0.6 is 23.4 Å². The molecule has 2 aromatic heterocycles. The predicted molar refractivity (Wildman–Crippen MR) is 95.9 cm³/mol. The molecule has 0 radical (unpaired) electrons. The maximum atomic E-state index is 12.2. The number of rotatable bonds is 6. The van der Waals surface area contributed by atoms with Crippen molar-refractivity contribution in [2.24, 2.45) is 0 Å². The molecule has 0 spiro atoms. The Morgan fingerprint density at radius 3 is 2.96 bits per heavy atom. The quantitative estimate of drug-likeness (QED) is 0.663. The van der Waals surface area contributed by atoms with E-state index in [2.05, 4.69) is 20.8 Å². The number of aromatic nitrogens is 4. The number of halogens is 1. The van der Waals surface area contributed by atoms with Gasteiger partial charge in [-0.15, -0.1) is 5.10 Å². The summed E-state index contributed by atoms with van der Waals surface area (Å²) in [5.41, 5.74) is 2.60. The molecule has 0 aliphatic rings. The number of carbonyl (C=O) groups is 1. The number of anilines is 1. The number of aryl methyl sites for hydroxylation is 2. The van der Waals surface area contributed by atoms with Crippen molar-refractivity contribution < 1.29 is 9.21 Å². The van der Waals surface area contributed by atoms with Crippen molar-refractivity contribution in [1.29, 1.82) is 0 Å². The molecule has 0 aliphatic heterocycles. The van der Waals surface area contributed by atoms with Gasteiger partial charge in [-0.25, -0.2) is 4.68 Å². The number of nitrogens with one attached hydrogen (secondary N) is 1. The minimum atomic E-state index is -0.175. The van der Waals surface area contributed by atoms with Crippen LogP contribution in [0.3, 0.4) is 0 Å². The molecular formula is C16H16ClN5O2S. The van der Waals surface area contributed by atoms with E-state index in [1.807, 2.05) is 32.0 Å². The molecule has 0 saturated heterocycles. The Balaban J connectivity index is 1.61. The van der Waals surface area contributed by atoms with E-state index in [1.165, 1.54) is 11.8 Å². The molecule has 1 aromatic carbocycles. The van der Waals surface area contributed by atoms with Crippen LogP contribution in [0, 0.1) is 13.8 Å². The van der Waals surface area contributed by atoms with Crippen LogP contribution in [0.15, 0.2) is 40.1 Å². The van der Waals surface area contributed by atoms with Crippen molar-refractivity contribution >= 4 is 35.0 Å². The lowest BCUT2D eigenvalue weighted by atomic mass is 10.1. The Kier molecular flexibility index (Phi) is 5.40. The monoisotopic (exact) mass is 377 g/mol. The van der Waals surface area contributed by atoms with Gasteiger partial charge in [0.05, 0.1) is 22.7 Å². The number of amides is 1. The van der Waals surface area contributed by atoms with Gasteiger partial charge in [0.1, 0.15) is 12.3 Å². The second kappa shape index (κ2) is 7.71. The fraction of sp³-hybridized carbons (Fsp3) is 0.250. The Morgan fingerprint density at radius 2 is 2.24 bits per heavy atom. The molecule has 3 aromatic rings. The third-order valence-corrected chi connectivity index (χ3v) is 4.67. The topological polar surface area (TPSA) is 85.8 Å². The zero-order valence-electron chi connectivity index (χ0n) is 13.7. The summed E-state index contributed by atoms with van der Waals surface area (Å²) in [5, 5.41) is 15.4. The van der Waals surface area contributed by atoms with E-state index in [0.717, 1.165) is 16.9 Å². The van der Waals surface area contributed by atoms with Gasteiger partial charge in [0.25, 0.3) is 0 Å². The summed E-state index contributed by atoms with van der Waals surface area (Å²) >= 11 is 7.46. The van der Waals surface area contributed by atoms with Crippen LogP contribution in [0.4, 0.5) is 5.69 Å². The molecule has 9 heteroatoms. The molecular weight excluding hydrogens is 362 g/mol. The molecule has 130 valence electrons. The third kappa shape index (κ3) is 4.40. The first-order chi connectivity index (χ1) is 12.0. The Bertz CT molecular complexity index is 856. The lowest BCUT2D eigenvalue weighted by molar-refractivity contribution is -0.113. The molecule has 0 aliphatic carbocycles. The Morgan fingerprint density at radius 1 is 1.40 bits per heavy atom. The second-order valence-electron chi connectivity index (χ2n) is 5.47. The molecule has 7 nitrogen and oxygen atoms in total. The minimum absolute atomic E-state index is 0.169. The van der Waals surface area contributed by atoms with E-state index in [0.29, 0.717) is 22.4 Å². The minimum Gasteiger partial charge on any atom is -0.467 e. The van der Waals surface area contributed by atoms with Gasteiger partial charge in [0.2, 0.25) is 11.1 Å². The maximum Gasteiger partial charge on any atom is 0.234 e. The number of carbonyl (C=O) groups excluding carboxylic acids is 1. The highest BCUT2D eigenvalue weighted by Crippen LogP contribution is 2.27. The molecule has 0 atom stereocenters. The summed E-state index contributed by atoms with van der Waals surface area (Å²) in [7, 11) is 0. The first-order valence-corrected chi connectivity index (χ1v) is 8.87. The van der Waals surface area contributed by atoms with E-state index in [-0.39, 0.29) is 11.7 Å². The molecule has 2 heterocycles. The average molecular weight is 378 g/mol. The van der Waals surface area contributed by atoms with Gasteiger partial charge >= 0.3 is 0 Å². The molecule has 25 heavy (non-hydrogen) atoms. The molecule has 3 rings (SSSR count). The van der Waals surface area contributed by atoms with Gasteiger partial charge in [-0.2, -0.15) is 0 Å². The zero-order chi connectivity index (χ0) is 17.8. The van der Waals surface area contributed by atoms with Crippen molar-refractivity contribution in [3.63, 3.8) is 0 Å². The van der Waals surface area contributed by atoms with Gasteiger partial charge in [-0.3, -0.25) is 4.79 Å². The van der Waals surface area contributed by atoms with E-state index in [4.69, 9.17) is 16.0 Å². The number of hydrogen-bond donors (Lipinski definition) is 1. The fourth-order valence-corrected chi connectivity index (χ4v) is 3.37. The summed E-state index contributed by atoms with van der Waals surface area (Å²) < 4.78 is 6.87. The van der Waals surface area contributed by atoms with Crippen LogP contribution in [0.25, 0.3) is 0 Å². The predicted octanol–water partition coefficient (Wildman–Crippen LogP) is 3.32. The van der Waals surface area contributed by atoms with E-state index in [1.54, 1.807) is 17.0 Å². The highest BCUT2D eigenvalue weighted by molar-refractivity contribution is 7.99. The molecule has 1 N–H and O–H groups in total. The van der Waals surface area contributed by atoms with Crippen LogP contribution in [0.2, 0.25) is 5.02 Å². The maximum absolute atomic E-state index is 12.2. The molecule has 1 amide bonds. The van der Waals surface area contributed by atoms with Gasteiger partial charge < -0.3 is 9.73 Å². The number of tetrazole rings is 1. The number of benzene rings is 1. The summed E-state index contributed by atoms with van der Waals surface area (Å²) in [6.45, 7) is 4.28. The summed E-state index contributed by atoms with van der Waals surface area (Å²) in [6, 6.07) is 7.43. The van der Waals surface area contributed by atoms with Gasteiger partial charge in [-0.05, 0) is 53.6 Å². The first-order valence-electron chi connectivity index (χ1n) is 7.51. The molecule has 0 unspecified atom stereocenters. The van der Waals surface area contributed by atoms with Crippen molar-refractivity contribution in [3.05, 3.63) is 52.4 Å². The van der Waals surface area contributed by atoms with Crippen molar-refractivity contribution in [2.75, 3.05) is 11.1 Å². The second-order valence-corrected chi connectivity index (χ2v) is 6.82. The van der Waals surface area contributed by atoms with Crippen molar-refractivity contribution in [2.45, 2.75) is 25.5 Å². The smallest absolute Gasteiger partial charge is 0.234 e. The van der Waals surface area contributed by atoms with Gasteiger partial charge in [0, 0.05) is 0 Å². The summed E-state index contributed by atoms with van der Waals surface area (Å²) in [4.78, 5) is 12.2. The van der Waals surface area contributed by atoms with Crippen molar-refractivity contribution in [1.82, 2.24) is 20.2 Å². The Hall–Kier alpha value is -2.32. The van der Waals surface area contributed by atoms with Crippen LogP contribution in [0.1, 0.15) is 16.9 Å². The molecule has 0 bridgehead atoms. The standard InChI is InChI=1S/C16H16ClN5O2S/c1-10-6-11(2)15(13(17)7-10)18-14(23)9-25-16-19-20-21-22(16)8-12-4-3-5-24-12/h3-7H,8-9H2,1-2H3,(H,18,23).